The zero-order valence-electron chi connectivity index (χ0n) is 14.1. The van der Waals surface area contributed by atoms with Gasteiger partial charge in [-0.2, -0.15) is 0 Å². The summed E-state index contributed by atoms with van der Waals surface area (Å²) in [6.45, 7) is 6.66. The highest BCUT2D eigenvalue weighted by molar-refractivity contribution is 5.71. The second kappa shape index (κ2) is 8.20. The summed E-state index contributed by atoms with van der Waals surface area (Å²) in [5.74, 6) is -0.751. The van der Waals surface area contributed by atoms with Crippen molar-refractivity contribution in [3.8, 4) is 0 Å². The van der Waals surface area contributed by atoms with Crippen molar-refractivity contribution in [3.63, 3.8) is 0 Å². The van der Waals surface area contributed by atoms with Gasteiger partial charge in [0.25, 0.3) is 0 Å². The number of anilines is 2. The summed E-state index contributed by atoms with van der Waals surface area (Å²) in [4.78, 5) is 13.4. The highest BCUT2D eigenvalue weighted by Gasteiger charge is 2.23. The van der Waals surface area contributed by atoms with Crippen molar-refractivity contribution >= 4 is 17.3 Å². The van der Waals surface area contributed by atoms with Crippen molar-refractivity contribution in [2.75, 3.05) is 30.4 Å². The maximum atomic E-state index is 11.0. The Morgan fingerprint density at radius 1 is 1.39 bits per heavy atom. The van der Waals surface area contributed by atoms with Crippen molar-refractivity contribution in [1.82, 2.24) is 0 Å². The van der Waals surface area contributed by atoms with Gasteiger partial charge >= 0.3 is 5.97 Å². The van der Waals surface area contributed by atoms with Crippen molar-refractivity contribution < 1.29 is 14.6 Å². The van der Waals surface area contributed by atoms with E-state index in [9.17, 15) is 4.79 Å². The third-order valence-corrected chi connectivity index (χ3v) is 4.72. The summed E-state index contributed by atoms with van der Waals surface area (Å²) >= 11 is 0. The van der Waals surface area contributed by atoms with Gasteiger partial charge in [0.05, 0.1) is 17.8 Å². The standard InChI is InChI=1S/C18H28N2O3/c1-3-13(12-18(21)22)14-5-6-17(16(19)11-14)20(4-2)15-7-9-23-10-8-15/h5-6,11,13,15H,3-4,7-10,12,19H2,1-2H3,(H,21,22). The molecule has 0 aromatic heterocycles. The van der Waals surface area contributed by atoms with E-state index in [0.717, 1.165) is 56.0 Å². The fourth-order valence-electron chi connectivity index (χ4n) is 3.42. The second-order valence-electron chi connectivity index (χ2n) is 6.15. The van der Waals surface area contributed by atoms with E-state index in [0.29, 0.717) is 6.04 Å². The molecule has 1 fully saturated rings. The van der Waals surface area contributed by atoms with Gasteiger partial charge in [0.1, 0.15) is 0 Å². The lowest BCUT2D eigenvalue weighted by Gasteiger charge is -2.36. The lowest BCUT2D eigenvalue weighted by molar-refractivity contribution is -0.137. The minimum atomic E-state index is -0.767. The molecular formula is C18H28N2O3. The number of carboxylic acid groups (broad SMARTS) is 1. The number of carbonyl (C=O) groups is 1. The van der Waals surface area contributed by atoms with Gasteiger partial charge in [0.15, 0.2) is 0 Å². The van der Waals surface area contributed by atoms with E-state index in [4.69, 9.17) is 15.6 Å². The second-order valence-corrected chi connectivity index (χ2v) is 6.15. The lowest BCUT2D eigenvalue weighted by atomic mass is 9.92. The molecule has 23 heavy (non-hydrogen) atoms. The SMILES string of the molecule is CCC(CC(=O)O)c1ccc(N(CC)C2CCOCC2)c(N)c1. The molecule has 1 aromatic rings. The molecule has 0 spiro atoms. The van der Waals surface area contributed by atoms with Gasteiger partial charge in [0.2, 0.25) is 0 Å². The normalized spacial score (nSPS) is 17.0. The van der Waals surface area contributed by atoms with Gasteiger partial charge in [-0.15, -0.1) is 0 Å². The van der Waals surface area contributed by atoms with Crippen LogP contribution in [0.1, 0.15) is 51.0 Å². The van der Waals surface area contributed by atoms with E-state index in [2.05, 4.69) is 11.8 Å². The Bertz CT molecular complexity index is 527. The molecule has 128 valence electrons. The fourth-order valence-corrected chi connectivity index (χ4v) is 3.42. The molecule has 1 unspecified atom stereocenters. The van der Waals surface area contributed by atoms with Crippen LogP contribution >= 0.6 is 0 Å². The van der Waals surface area contributed by atoms with Crippen molar-refractivity contribution in [2.45, 2.75) is 51.5 Å². The van der Waals surface area contributed by atoms with Gasteiger partial charge in [-0.1, -0.05) is 13.0 Å². The number of carboxylic acids is 1. The zero-order valence-corrected chi connectivity index (χ0v) is 14.1. The van der Waals surface area contributed by atoms with Crippen LogP contribution in [0.5, 0.6) is 0 Å². The van der Waals surface area contributed by atoms with E-state index in [1.54, 1.807) is 0 Å². The molecule has 1 aliphatic rings. The number of nitrogen functional groups attached to an aromatic ring is 1. The van der Waals surface area contributed by atoms with Gasteiger partial charge in [-0.05, 0) is 49.8 Å². The van der Waals surface area contributed by atoms with Crippen LogP contribution in [0, 0.1) is 0 Å². The first-order valence-electron chi connectivity index (χ1n) is 8.52. The molecule has 1 aliphatic heterocycles. The number of rotatable bonds is 7. The third kappa shape index (κ3) is 4.38. The third-order valence-electron chi connectivity index (χ3n) is 4.72. The van der Waals surface area contributed by atoms with Crippen LogP contribution in [-0.2, 0) is 9.53 Å². The van der Waals surface area contributed by atoms with Gasteiger partial charge in [0, 0.05) is 25.8 Å². The molecule has 1 saturated heterocycles. The highest BCUT2D eigenvalue weighted by Crippen LogP contribution is 2.33. The zero-order chi connectivity index (χ0) is 16.8. The van der Waals surface area contributed by atoms with E-state index in [1.807, 2.05) is 25.1 Å². The molecule has 1 aromatic carbocycles. The predicted octanol–water partition coefficient (Wildman–Crippen LogP) is 3.24. The summed E-state index contributed by atoms with van der Waals surface area (Å²) in [6.07, 6.45) is 2.98. The van der Waals surface area contributed by atoms with E-state index in [-0.39, 0.29) is 12.3 Å². The molecule has 0 amide bonds. The Labute approximate surface area is 138 Å². The van der Waals surface area contributed by atoms with E-state index < -0.39 is 5.97 Å². The summed E-state index contributed by atoms with van der Waals surface area (Å²) in [7, 11) is 0. The van der Waals surface area contributed by atoms with Crippen LogP contribution in [0.2, 0.25) is 0 Å². The minimum Gasteiger partial charge on any atom is -0.481 e. The molecule has 5 heteroatoms. The number of aliphatic carboxylic acids is 1. The van der Waals surface area contributed by atoms with Crippen LogP contribution in [0.25, 0.3) is 0 Å². The minimum absolute atomic E-state index is 0.0157. The fraction of sp³-hybridized carbons (Fsp3) is 0.611. The van der Waals surface area contributed by atoms with Crippen molar-refractivity contribution in [2.24, 2.45) is 0 Å². The number of ether oxygens (including phenoxy) is 1. The van der Waals surface area contributed by atoms with Gasteiger partial charge in [-0.3, -0.25) is 4.79 Å². The van der Waals surface area contributed by atoms with Gasteiger partial charge in [-0.25, -0.2) is 0 Å². The molecule has 0 saturated carbocycles. The number of hydrogen-bond acceptors (Lipinski definition) is 4. The summed E-state index contributed by atoms with van der Waals surface area (Å²) in [5.41, 5.74) is 9.11. The quantitative estimate of drug-likeness (QED) is 0.754. The van der Waals surface area contributed by atoms with Crippen LogP contribution < -0.4 is 10.6 Å². The molecule has 0 bridgehead atoms. The Morgan fingerprint density at radius 2 is 2.09 bits per heavy atom. The molecular weight excluding hydrogens is 292 g/mol. The van der Waals surface area contributed by atoms with Crippen LogP contribution in [0.15, 0.2) is 18.2 Å². The van der Waals surface area contributed by atoms with Crippen LogP contribution in [-0.4, -0.2) is 36.9 Å². The molecule has 2 rings (SSSR count). The maximum absolute atomic E-state index is 11.0. The number of hydrogen-bond donors (Lipinski definition) is 2. The Kier molecular flexibility index (Phi) is 6.28. The van der Waals surface area contributed by atoms with Crippen LogP contribution in [0.3, 0.4) is 0 Å². The first-order valence-corrected chi connectivity index (χ1v) is 8.52. The molecule has 1 heterocycles. The molecule has 3 N–H and O–H groups in total. The Balaban J connectivity index is 2.21. The molecule has 0 aliphatic carbocycles. The van der Waals surface area contributed by atoms with E-state index >= 15 is 0 Å². The largest absolute Gasteiger partial charge is 0.481 e. The summed E-state index contributed by atoms with van der Waals surface area (Å²) in [6, 6.07) is 6.50. The molecule has 1 atom stereocenters. The molecule has 5 nitrogen and oxygen atoms in total. The van der Waals surface area contributed by atoms with Crippen LogP contribution in [0.4, 0.5) is 11.4 Å². The average molecular weight is 320 g/mol. The predicted molar refractivity (Wildman–Crippen MR) is 93.0 cm³/mol. The number of benzene rings is 1. The summed E-state index contributed by atoms with van der Waals surface area (Å²) in [5, 5.41) is 9.05. The highest BCUT2D eigenvalue weighted by atomic mass is 16.5. The number of nitrogens with two attached hydrogens (primary N) is 1. The average Bonchev–Trinajstić information content (AvgIpc) is 2.55. The maximum Gasteiger partial charge on any atom is 0.303 e. The monoisotopic (exact) mass is 320 g/mol. The smallest absolute Gasteiger partial charge is 0.303 e. The first kappa shape index (κ1) is 17.6. The van der Waals surface area contributed by atoms with Crippen molar-refractivity contribution in [1.29, 1.82) is 0 Å². The number of nitrogens with zero attached hydrogens (tertiary/aromatic N) is 1. The Hall–Kier alpha value is -1.75. The van der Waals surface area contributed by atoms with E-state index in [1.165, 1.54) is 0 Å². The Morgan fingerprint density at radius 3 is 2.61 bits per heavy atom. The summed E-state index contributed by atoms with van der Waals surface area (Å²) < 4.78 is 5.45. The molecule has 0 radical (unpaired) electrons. The lowest BCUT2D eigenvalue weighted by Crippen LogP contribution is -2.39. The topological polar surface area (TPSA) is 75.8 Å². The van der Waals surface area contributed by atoms with Crippen molar-refractivity contribution in [3.05, 3.63) is 23.8 Å². The first-order chi connectivity index (χ1) is 11.1. The van der Waals surface area contributed by atoms with Gasteiger partial charge < -0.3 is 20.5 Å².